The molecular weight excluding hydrogens is 325 g/mol. The average molecular weight is 342 g/mol. The van der Waals surface area contributed by atoms with Crippen LogP contribution in [0.25, 0.3) is 0 Å². The lowest BCUT2D eigenvalue weighted by Crippen LogP contribution is -2.46. The van der Waals surface area contributed by atoms with Gasteiger partial charge in [-0.05, 0) is 37.3 Å². The molecule has 3 atom stereocenters. The van der Waals surface area contributed by atoms with Crippen LogP contribution in [0, 0.1) is 5.92 Å². The zero-order valence-corrected chi connectivity index (χ0v) is 12.8. The van der Waals surface area contributed by atoms with Crippen LogP contribution in [0.3, 0.4) is 0 Å². The SMILES string of the molecule is O=C(O)[C@@H]1C[C@@H]2CCCC[C@@H]2N1C(=O)c1ccc(C(F)(F)F)nc1. The first-order chi connectivity index (χ1) is 11.3. The number of halogens is 3. The lowest BCUT2D eigenvalue weighted by atomic mass is 9.84. The Morgan fingerprint density at radius 1 is 1.21 bits per heavy atom. The second kappa shape index (κ2) is 6.07. The summed E-state index contributed by atoms with van der Waals surface area (Å²) in [7, 11) is 0. The molecule has 1 aliphatic heterocycles. The van der Waals surface area contributed by atoms with Crippen LogP contribution in [0.15, 0.2) is 18.3 Å². The molecule has 0 unspecified atom stereocenters. The highest BCUT2D eigenvalue weighted by molar-refractivity contribution is 5.97. The maximum Gasteiger partial charge on any atom is 0.433 e. The van der Waals surface area contributed by atoms with E-state index in [2.05, 4.69) is 4.98 Å². The highest BCUT2D eigenvalue weighted by atomic mass is 19.4. The number of amides is 1. The molecule has 0 bridgehead atoms. The van der Waals surface area contributed by atoms with E-state index >= 15 is 0 Å². The van der Waals surface area contributed by atoms with Crippen LogP contribution >= 0.6 is 0 Å². The lowest BCUT2D eigenvalue weighted by Gasteiger charge is -2.33. The van der Waals surface area contributed by atoms with Crippen molar-refractivity contribution in [3.63, 3.8) is 0 Å². The predicted molar refractivity (Wildman–Crippen MR) is 77.2 cm³/mol. The van der Waals surface area contributed by atoms with E-state index in [9.17, 15) is 27.9 Å². The summed E-state index contributed by atoms with van der Waals surface area (Å²) in [4.78, 5) is 28.9. The first-order valence-electron chi connectivity index (χ1n) is 7.87. The summed E-state index contributed by atoms with van der Waals surface area (Å²) in [5.74, 6) is -1.48. The molecule has 0 radical (unpaired) electrons. The van der Waals surface area contributed by atoms with Gasteiger partial charge in [0.1, 0.15) is 11.7 Å². The number of aliphatic carboxylic acids is 1. The Kier molecular flexibility index (Phi) is 4.23. The van der Waals surface area contributed by atoms with Crippen molar-refractivity contribution in [2.45, 2.75) is 50.4 Å². The molecule has 1 aromatic rings. The lowest BCUT2D eigenvalue weighted by molar-refractivity contribution is -0.142. The molecule has 24 heavy (non-hydrogen) atoms. The van der Waals surface area contributed by atoms with Crippen molar-refractivity contribution >= 4 is 11.9 Å². The van der Waals surface area contributed by atoms with Gasteiger partial charge in [-0.15, -0.1) is 0 Å². The maximum atomic E-state index is 12.7. The minimum atomic E-state index is -4.58. The van der Waals surface area contributed by atoms with Crippen molar-refractivity contribution in [3.8, 4) is 0 Å². The van der Waals surface area contributed by atoms with Gasteiger partial charge in [0, 0.05) is 12.2 Å². The number of alkyl halides is 3. The Labute approximate surface area is 136 Å². The van der Waals surface area contributed by atoms with Crippen molar-refractivity contribution in [1.29, 1.82) is 0 Å². The molecule has 1 saturated carbocycles. The van der Waals surface area contributed by atoms with E-state index in [1.807, 2.05) is 0 Å². The highest BCUT2D eigenvalue weighted by Crippen LogP contribution is 2.40. The molecule has 8 heteroatoms. The number of carboxylic acid groups (broad SMARTS) is 1. The molecule has 0 aromatic carbocycles. The summed E-state index contributed by atoms with van der Waals surface area (Å²) in [5.41, 5.74) is -1.09. The van der Waals surface area contributed by atoms with Gasteiger partial charge in [-0.3, -0.25) is 9.78 Å². The molecule has 1 aliphatic carbocycles. The second-order valence-electron chi connectivity index (χ2n) is 6.34. The molecule has 1 saturated heterocycles. The van der Waals surface area contributed by atoms with E-state index in [1.54, 1.807) is 0 Å². The van der Waals surface area contributed by atoms with Crippen molar-refractivity contribution in [2.24, 2.45) is 5.92 Å². The fraction of sp³-hybridized carbons (Fsp3) is 0.562. The monoisotopic (exact) mass is 342 g/mol. The molecule has 3 rings (SSSR count). The third-order valence-electron chi connectivity index (χ3n) is 4.91. The molecule has 0 spiro atoms. The van der Waals surface area contributed by atoms with Crippen molar-refractivity contribution < 1.29 is 27.9 Å². The van der Waals surface area contributed by atoms with Gasteiger partial charge < -0.3 is 10.0 Å². The third-order valence-corrected chi connectivity index (χ3v) is 4.91. The van der Waals surface area contributed by atoms with E-state index in [-0.39, 0.29) is 17.5 Å². The Hall–Kier alpha value is -2.12. The number of carboxylic acids is 1. The molecule has 1 aromatic heterocycles. The summed E-state index contributed by atoms with van der Waals surface area (Å²) < 4.78 is 37.7. The largest absolute Gasteiger partial charge is 0.480 e. The van der Waals surface area contributed by atoms with E-state index in [0.717, 1.165) is 44.0 Å². The molecule has 2 aliphatic rings. The number of nitrogens with zero attached hydrogens (tertiary/aromatic N) is 2. The minimum Gasteiger partial charge on any atom is -0.480 e. The van der Waals surface area contributed by atoms with E-state index in [1.165, 1.54) is 4.90 Å². The number of carbonyl (C=O) groups excluding carboxylic acids is 1. The van der Waals surface area contributed by atoms with Crippen LogP contribution in [0.5, 0.6) is 0 Å². The van der Waals surface area contributed by atoms with Gasteiger partial charge in [-0.2, -0.15) is 13.2 Å². The number of hydrogen-bond donors (Lipinski definition) is 1. The van der Waals surface area contributed by atoms with Gasteiger partial charge in [0.15, 0.2) is 0 Å². The van der Waals surface area contributed by atoms with Crippen LogP contribution in [-0.4, -0.2) is 39.0 Å². The van der Waals surface area contributed by atoms with Crippen molar-refractivity contribution in [2.75, 3.05) is 0 Å². The highest BCUT2D eigenvalue weighted by Gasteiger charge is 2.47. The number of rotatable bonds is 2. The number of carbonyl (C=O) groups is 2. The molecule has 5 nitrogen and oxygen atoms in total. The number of pyridine rings is 1. The Bertz CT molecular complexity index is 645. The Morgan fingerprint density at radius 3 is 2.50 bits per heavy atom. The van der Waals surface area contributed by atoms with Crippen LogP contribution in [0.2, 0.25) is 0 Å². The van der Waals surface area contributed by atoms with Gasteiger partial charge in [0.2, 0.25) is 0 Å². The van der Waals surface area contributed by atoms with Gasteiger partial charge in [0.25, 0.3) is 5.91 Å². The zero-order chi connectivity index (χ0) is 17.5. The van der Waals surface area contributed by atoms with Crippen molar-refractivity contribution in [3.05, 3.63) is 29.6 Å². The quantitative estimate of drug-likeness (QED) is 0.897. The predicted octanol–water partition coefficient (Wildman–Crippen LogP) is 2.96. The van der Waals surface area contributed by atoms with Gasteiger partial charge >= 0.3 is 12.1 Å². The standard InChI is InChI=1S/C16H17F3N2O3/c17-16(18,19)13-6-5-10(8-20-13)14(22)21-11-4-2-1-3-9(11)7-12(21)15(23)24/h5-6,8-9,11-12H,1-4,7H2,(H,23,24)/t9-,11-,12-/m0/s1. The van der Waals surface area contributed by atoms with E-state index < -0.39 is 29.8 Å². The average Bonchev–Trinajstić information content (AvgIpc) is 2.93. The summed E-state index contributed by atoms with van der Waals surface area (Å²) in [5, 5.41) is 9.42. The molecular formula is C16H17F3N2O3. The smallest absolute Gasteiger partial charge is 0.433 e. The third kappa shape index (κ3) is 2.97. The minimum absolute atomic E-state index is 0.0135. The topological polar surface area (TPSA) is 70.5 Å². The number of hydrogen-bond acceptors (Lipinski definition) is 3. The van der Waals surface area contributed by atoms with E-state index in [4.69, 9.17) is 0 Å². The molecule has 130 valence electrons. The molecule has 2 heterocycles. The summed E-state index contributed by atoms with van der Waals surface area (Å²) >= 11 is 0. The Balaban J connectivity index is 1.87. The zero-order valence-electron chi connectivity index (χ0n) is 12.8. The van der Waals surface area contributed by atoms with Gasteiger partial charge in [-0.25, -0.2) is 4.79 Å². The normalized spacial score (nSPS) is 27.0. The summed E-state index contributed by atoms with van der Waals surface area (Å²) in [6.45, 7) is 0. The summed E-state index contributed by atoms with van der Waals surface area (Å²) in [6, 6.07) is 0.729. The number of aromatic nitrogens is 1. The molecule has 1 amide bonds. The molecule has 2 fully saturated rings. The molecule has 1 N–H and O–H groups in total. The number of fused-ring (bicyclic) bond motifs is 1. The fourth-order valence-corrected chi connectivity index (χ4v) is 3.81. The first-order valence-corrected chi connectivity index (χ1v) is 7.87. The van der Waals surface area contributed by atoms with Crippen LogP contribution in [0.1, 0.15) is 48.2 Å². The number of likely N-dealkylation sites (tertiary alicyclic amines) is 1. The van der Waals surface area contributed by atoms with Crippen LogP contribution in [-0.2, 0) is 11.0 Å². The summed E-state index contributed by atoms with van der Waals surface area (Å²) in [6.07, 6.45) is 0.241. The second-order valence-corrected chi connectivity index (χ2v) is 6.34. The van der Waals surface area contributed by atoms with Gasteiger partial charge in [-0.1, -0.05) is 12.8 Å². The Morgan fingerprint density at radius 2 is 1.92 bits per heavy atom. The van der Waals surface area contributed by atoms with Crippen LogP contribution < -0.4 is 0 Å². The van der Waals surface area contributed by atoms with E-state index in [0.29, 0.717) is 6.42 Å². The van der Waals surface area contributed by atoms with Gasteiger partial charge in [0.05, 0.1) is 5.56 Å². The first kappa shape index (κ1) is 16.7. The van der Waals surface area contributed by atoms with Crippen LogP contribution in [0.4, 0.5) is 13.2 Å². The fourth-order valence-electron chi connectivity index (χ4n) is 3.81. The maximum absolute atomic E-state index is 12.7. The van der Waals surface area contributed by atoms with Crippen molar-refractivity contribution in [1.82, 2.24) is 9.88 Å².